The molecule has 140 valence electrons. The van der Waals surface area contributed by atoms with Crippen LogP contribution in [0.5, 0.6) is 0 Å². The summed E-state index contributed by atoms with van der Waals surface area (Å²) in [7, 11) is -2.38. The Morgan fingerprint density at radius 3 is 2.19 bits per heavy atom. The lowest BCUT2D eigenvalue weighted by molar-refractivity contribution is 0.787. The lowest BCUT2D eigenvalue weighted by atomic mass is 9.95. The van der Waals surface area contributed by atoms with Gasteiger partial charge in [0.2, 0.25) is 0 Å². The molecule has 0 fully saturated rings. The third-order valence-corrected chi connectivity index (χ3v) is 12.4. The van der Waals surface area contributed by atoms with Gasteiger partial charge in [0.25, 0.3) is 0 Å². The van der Waals surface area contributed by atoms with E-state index in [0.717, 1.165) is 0 Å². The molecule has 1 atom stereocenters. The molecule has 3 aromatic rings. The Morgan fingerprint density at radius 2 is 1.56 bits per heavy atom. The maximum absolute atomic E-state index is 3.91. The van der Waals surface area contributed by atoms with E-state index in [1.165, 1.54) is 36.9 Å². The van der Waals surface area contributed by atoms with Crippen LogP contribution in [0.1, 0.15) is 11.1 Å². The predicted molar refractivity (Wildman–Crippen MR) is 133 cm³/mol. The molecule has 4 heteroatoms. The standard InChI is InChI=1S/C23H26Br2Si2/c1-26(2)14-23(27(3,4)5)19-12-15(24)10-11-18(19)22-17-9-7-6-8-16(17)21(25)13-20(22)23/h6-13,26H,14H2,1-5H3. The number of halogens is 2. The molecule has 0 saturated heterocycles. The van der Waals surface area contributed by atoms with Crippen molar-refractivity contribution in [3.8, 4) is 11.1 Å². The Labute approximate surface area is 182 Å². The third kappa shape index (κ3) is 2.86. The molecule has 0 amide bonds. The molecule has 4 rings (SSSR count). The average Bonchev–Trinajstić information content (AvgIpc) is 2.85. The van der Waals surface area contributed by atoms with Crippen molar-refractivity contribution in [2.45, 2.75) is 43.8 Å². The number of benzene rings is 3. The van der Waals surface area contributed by atoms with Gasteiger partial charge in [0.05, 0.1) is 8.07 Å². The van der Waals surface area contributed by atoms with Crippen LogP contribution in [0.25, 0.3) is 21.9 Å². The summed E-state index contributed by atoms with van der Waals surface area (Å²) in [6, 6.07) is 19.7. The summed E-state index contributed by atoms with van der Waals surface area (Å²) in [5.74, 6) is 0. The van der Waals surface area contributed by atoms with E-state index in [4.69, 9.17) is 0 Å². The van der Waals surface area contributed by atoms with Gasteiger partial charge >= 0.3 is 0 Å². The van der Waals surface area contributed by atoms with E-state index in [1.807, 2.05) is 0 Å². The zero-order chi connectivity index (χ0) is 19.6. The highest BCUT2D eigenvalue weighted by atomic mass is 79.9. The minimum absolute atomic E-state index is 0.189. The van der Waals surface area contributed by atoms with Gasteiger partial charge in [0.15, 0.2) is 0 Å². The van der Waals surface area contributed by atoms with E-state index in [9.17, 15) is 0 Å². The summed E-state index contributed by atoms with van der Waals surface area (Å²) < 4.78 is 2.43. The number of fused-ring (bicyclic) bond motifs is 5. The fraction of sp³-hybridized carbons (Fsp3) is 0.304. The largest absolute Gasteiger partial charge is 0.0722 e. The fourth-order valence-electron chi connectivity index (χ4n) is 5.14. The molecule has 0 aliphatic heterocycles. The van der Waals surface area contributed by atoms with E-state index >= 15 is 0 Å². The van der Waals surface area contributed by atoms with Crippen molar-refractivity contribution in [3.05, 3.63) is 68.6 Å². The molecule has 0 nitrogen and oxygen atoms in total. The van der Waals surface area contributed by atoms with Gasteiger partial charge in [0, 0.05) is 22.8 Å². The van der Waals surface area contributed by atoms with Gasteiger partial charge in [-0.25, -0.2) is 0 Å². The van der Waals surface area contributed by atoms with Crippen LogP contribution in [0.3, 0.4) is 0 Å². The van der Waals surface area contributed by atoms with Crippen LogP contribution in [0.4, 0.5) is 0 Å². The van der Waals surface area contributed by atoms with Crippen molar-refractivity contribution in [1.82, 2.24) is 0 Å². The zero-order valence-corrected chi connectivity index (χ0v) is 22.0. The average molecular weight is 518 g/mol. The third-order valence-electron chi connectivity index (χ3n) is 6.16. The quantitative estimate of drug-likeness (QED) is 0.308. The maximum atomic E-state index is 3.91. The monoisotopic (exact) mass is 516 g/mol. The Kier molecular flexibility index (Phi) is 4.86. The van der Waals surface area contributed by atoms with Crippen LogP contribution in [0.15, 0.2) is 57.5 Å². The minimum Gasteiger partial charge on any atom is -0.0722 e. The summed E-state index contributed by atoms with van der Waals surface area (Å²) in [6.45, 7) is 12.7. The molecule has 0 spiro atoms. The van der Waals surface area contributed by atoms with Crippen molar-refractivity contribution in [2.75, 3.05) is 0 Å². The summed E-state index contributed by atoms with van der Waals surface area (Å²) in [5, 5.41) is 2.89. The Hall–Kier alpha value is -0.686. The van der Waals surface area contributed by atoms with Crippen molar-refractivity contribution in [3.63, 3.8) is 0 Å². The van der Waals surface area contributed by atoms with Gasteiger partial charge < -0.3 is 0 Å². The molecular weight excluding hydrogens is 492 g/mol. The lowest BCUT2D eigenvalue weighted by Crippen LogP contribution is -2.50. The van der Waals surface area contributed by atoms with Crippen LogP contribution in [0, 0.1) is 0 Å². The van der Waals surface area contributed by atoms with E-state index in [0.29, 0.717) is 0 Å². The van der Waals surface area contributed by atoms with Gasteiger partial charge in [-0.05, 0) is 57.3 Å². The first-order chi connectivity index (χ1) is 12.7. The molecule has 1 unspecified atom stereocenters. The normalized spacial score (nSPS) is 18.8. The maximum Gasteiger partial charge on any atom is 0.0609 e. The first-order valence-electron chi connectivity index (χ1n) is 9.69. The number of hydrogen-bond acceptors (Lipinski definition) is 0. The summed E-state index contributed by atoms with van der Waals surface area (Å²) in [6.07, 6.45) is 0. The van der Waals surface area contributed by atoms with Gasteiger partial charge in [-0.1, -0.05) is 94.9 Å². The molecule has 1 aliphatic carbocycles. The van der Waals surface area contributed by atoms with E-state index in [2.05, 4.69) is 113 Å². The van der Waals surface area contributed by atoms with Gasteiger partial charge in [-0.15, -0.1) is 0 Å². The Morgan fingerprint density at radius 1 is 0.889 bits per heavy atom. The van der Waals surface area contributed by atoms with Crippen LogP contribution < -0.4 is 0 Å². The van der Waals surface area contributed by atoms with Crippen LogP contribution >= 0.6 is 31.9 Å². The van der Waals surface area contributed by atoms with Gasteiger partial charge in [-0.3, -0.25) is 0 Å². The minimum atomic E-state index is -1.58. The summed E-state index contributed by atoms with van der Waals surface area (Å²) in [5.41, 5.74) is 6.07. The summed E-state index contributed by atoms with van der Waals surface area (Å²) in [4.78, 5) is 0. The van der Waals surface area contributed by atoms with Crippen LogP contribution in [-0.4, -0.2) is 16.9 Å². The molecule has 0 radical (unpaired) electrons. The topological polar surface area (TPSA) is 0 Å². The molecule has 3 aromatic carbocycles. The molecule has 27 heavy (non-hydrogen) atoms. The highest BCUT2D eigenvalue weighted by Gasteiger charge is 2.52. The first kappa shape index (κ1) is 19.6. The van der Waals surface area contributed by atoms with Crippen molar-refractivity contribution in [2.24, 2.45) is 0 Å². The second-order valence-corrected chi connectivity index (χ2v) is 19.6. The zero-order valence-electron chi connectivity index (χ0n) is 16.7. The highest BCUT2D eigenvalue weighted by Crippen LogP contribution is 2.59. The Balaban J connectivity index is 2.23. The van der Waals surface area contributed by atoms with Crippen LogP contribution in [-0.2, 0) is 5.04 Å². The van der Waals surface area contributed by atoms with E-state index in [-0.39, 0.29) is 5.04 Å². The molecule has 0 heterocycles. The highest BCUT2D eigenvalue weighted by molar-refractivity contribution is 9.11. The molecule has 0 saturated carbocycles. The van der Waals surface area contributed by atoms with Crippen molar-refractivity contribution < 1.29 is 0 Å². The van der Waals surface area contributed by atoms with Gasteiger partial charge in [-0.2, -0.15) is 0 Å². The molecule has 1 aliphatic rings. The Bertz CT molecular complexity index is 1050. The molecule has 0 aromatic heterocycles. The van der Waals surface area contributed by atoms with Gasteiger partial charge in [0.1, 0.15) is 0 Å². The number of rotatable bonds is 3. The lowest BCUT2D eigenvalue weighted by Gasteiger charge is -2.44. The second kappa shape index (κ2) is 6.68. The predicted octanol–water partition coefficient (Wildman–Crippen LogP) is 8.00. The fourth-order valence-corrected chi connectivity index (χ4v) is 13.4. The first-order valence-corrected chi connectivity index (χ1v) is 17.9. The SMILES string of the molecule is C[SiH](C)CC1([Si](C)(C)C)c2cc(Br)ccc2-c2c1cc(Br)c1ccccc21. The molecule has 0 N–H and O–H groups in total. The number of hydrogen-bond donors (Lipinski definition) is 0. The second-order valence-electron chi connectivity index (χ2n) is 9.27. The molecule has 0 bridgehead atoms. The van der Waals surface area contributed by atoms with Crippen LogP contribution in [0.2, 0.25) is 38.8 Å². The summed E-state index contributed by atoms with van der Waals surface area (Å²) >= 11 is 7.69. The van der Waals surface area contributed by atoms with Crippen molar-refractivity contribution >= 4 is 59.5 Å². The van der Waals surface area contributed by atoms with E-state index in [1.54, 1.807) is 11.1 Å². The molecular formula is C23H26Br2Si2. The van der Waals surface area contributed by atoms with Crippen molar-refractivity contribution in [1.29, 1.82) is 0 Å². The van der Waals surface area contributed by atoms with E-state index < -0.39 is 16.9 Å². The smallest absolute Gasteiger partial charge is 0.0609 e.